The molecule has 0 amide bonds. The third kappa shape index (κ3) is 7.43. The summed E-state index contributed by atoms with van der Waals surface area (Å²) in [6.45, 7) is 13.0. The fraction of sp³-hybridized carbons (Fsp3) is 0.391. The molecule has 0 radical (unpaired) electrons. The molecular formula is C23H32N2O3. The molecule has 0 aliphatic heterocycles. The van der Waals surface area contributed by atoms with Crippen LogP contribution in [0.5, 0.6) is 0 Å². The number of hydrogen-bond donors (Lipinski definition) is 1. The number of nitrogens with zero attached hydrogens (tertiary/aromatic N) is 1. The second-order valence-electron chi connectivity index (χ2n) is 6.28. The molecule has 5 heteroatoms. The second kappa shape index (κ2) is 12.5. The number of allylic oxidation sites excluding steroid dienone is 2. The smallest absolute Gasteiger partial charge is 0.249 e. The third-order valence-corrected chi connectivity index (χ3v) is 4.13. The lowest BCUT2D eigenvalue weighted by atomic mass is 9.97. The zero-order valence-electron chi connectivity index (χ0n) is 18.2. The Bertz CT molecular complexity index is 884. The van der Waals surface area contributed by atoms with Gasteiger partial charge >= 0.3 is 0 Å². The Hall–Kier alpha value is -2.82. The van der Waals surface area contributed by atoms with Crippen LogP contribution in [0.2, 0.25) is 0 Å². The second-order valence-corrected chi connectivity index (χ2v) is 6.28. The number of Topliss-reactive ketones (excluding diaryl/α,β-unsaturated/α-hetero) is 1. The van der Waals surface area contributed by atoms with E-state index in [1.54, 1.807) is 40.1 Å². The monoisotopic (exact) mass is 384 g/mol. The van der Waals surface area contributed by atoms with Crippen LogP contribution in [-0.4, -0.2) is 19.0 Å². The first-order valence-electron chi connectivity index (χ1n) is 9.42. The molecule has 28 heavy (non-hydrogen) atoms. The molecule has 2 aromatic rings. The summed E-state index contributed by atoms with van der Waals surface area (Å²) in [6.07, 6.45) is 3.35. The molecule has 1 unspecified atom stereocenters. The molecule has 0 aliphatic carbocycles. The van der Waals surface area contributed by atoms with Crippen molar-refractivity contribution in [3.63, 3.8) is 0 Å². The van der Waals surface area contributed by atoms with Crippen molar-refractivity contribution in [2.75, 3.05) is 12.4 Å². The number of aliphatic imine (C=N–C) groups is 1. The lowest BCUT2D eigenvalue weighted by Gasteiger charge is -2.09. The zero-order chi connectivity index (χ0) is 21.9. The molecule has 0 saturated heterocycles. The Kier molecular flexibility index (Phi) is 11.3. The van der Waals surface area contributed by atoms with Crippen molar-refractivity contribution in [1.82, 2.24) is 0 Å². The fourth-order valence-electron chi connectivity index (χ4n) is 2.17. The number of nitrogens with one attached hydrogen (secondary N) is 1. The highest BCUT2D eigenvalue weighted by atomic mass is 16.2. The van der Waals surface area contributed by atoms with E-state index >= 15 is 0 Å². The van der Waals surface area contributed by atoms with Gasteiger partial charge in [0.05, 0.1) is 5.69 Å². The van der Waals surface area contributed by atoms with Crippen LogP contribution < -0.4 is 16.2 Å². The van der Waals surface area contributed by atoms with Crippen molar-refractivity contribution >= 4 is 17.7 Å². The Morgan fingerprint density at radius 2 is 1.57 bits per heavy atom. The van der Waals surface area contributed by atoms with Gasteiger partial charge < -0.3 is 5.32 Å². The van der Waals surface area contributed by atoms with Crippen molar-refractivity contribution in [2.45, 2.75) is 54.4 Å². The molecule has 0 aliphatic rings. The first-order chi connectivity index (χ1) is 13.2. The maximum Gasteiger partial charge on any atom is 0.249 e. The Morgan fingerprint density at radius 1 is 1.04 bits per heavy atom. The van der Waals surface area contributed by atoms with Crippen LogP contribution in [0.25, 0.3) is 0 Å². The molecular weight excluding hydrogens is 352 g/mol. The van der Waals surface area contributed by atoms with E-state index in [9.17, 15) is 14.4 Å². The molecule has 0 fully saturated rings. The molecule has 0 heterocycles. The average Bonchev–Trinajstić information content (AvgIpc) is 2.71. The number of ketones is 1. The lowest BCUT2D eigenvalue weighted by molar-refractivity contribution is -0.118. The van der Waals surface area contributed by atoms with Gasteiger partial charge in [0.25, 0.3) is 0 Å². The van der Waals surface area contributed by atoms with Crippen LogP contribution in [0.15, 0.2) is 50.6 Å². The quantitative estimate of drug-likeness (QED) is 0.615. The Labute approximate surface area is 167 Å². The predicted octanol–water partition coefficient (Wildman–Crippen LogP) is 4.32. The zero-order valence-corrected chi connectivity index (χ0v) is 18.2. The van der Waals surface area contributed by atoms with Gasteiger partial charge in [0.1, 0.15) is 5.78 Å². The Balaban J connectivity index is 0.000000483. The van der Waals surface area contributed by atoms with Gasteiger partial charge in [-0.25, -0.2) is 0 Å². The highest BCUT2D eigenvalue weighted by molar-refractivity contribution is 5.82. The average molecular weight is 385 g/mol. The molecule has 5 nitrogen and oxygen atoms in total. The van der Waals surface area contributed by atoms with Crippen LogP contribution in [0.1, 0.15) is 57.2 Å². The first kappa shape index (κ1) is 25.2. The normalized spacial score (nSPS) is 11.9. The molecule has 0 spiro atoms. The highest BCUT2D eigenvalue weighted by Gasteiger charge is 2.15. The van der Waals surface area contributed by atoms with Crippen molar-refractivity contribution in [2.24, 2.45) is 4.99 Å². The van der Waals surface area contributed by atoms with Crippen molar-refractivity contribution in [1.29, 1.82) is 0 Å². The number of aryl methyl sites for hydroxylation is 1. The summed E-state index contributed by atoms with van der Waals surface area (Å²) in [5.74, 6) is 0.254. The minimum Gasteiger partial charge on any atom is -0.355 e. The summed E-state index contributed by atoms with van der Waals surface area (Å²) in [4.78, 5) is 36.7. The van der Waals surface area contributed by atoms with Gasteiger partial charge in [-0.15, -0.1) is 0 Å². The van der Waals surface area contributed by atoms with Gasteiger partial charge in [0.2, 0.25) is 10.9 Å². The van der Waals surface area contributed by atoms with Crippen LogP contribution in [0.3, 0.4) is 0 Å². The molecule has 2 rings (SSSR count). The summed E-state index contributed by atoms with van der Waals surface area (Å²) in [5, 5.41) is 2.86. The van der Waals surface area contributed by atoms with E-state index in [0.717, 1.165) is 11.3 Å². The highest BCUT2D eigenvalue weighted by Crippen LogP contribution is 2.16. The molecule has 1 atom stereocenters. The van der Waals surface area contributed by atoms with Gasteiger partial charge in [-0.05, 0) is 39.3 Å². The van der Waals surface area contributed by atoms with Gasteiger partial charge in [-0.1, -0.05) is 50.6 Å². The van der Waals surface area contributed by atoms with Crippen LogP contribution in [-0.2, 0) is 4.79 Å². The van der Waals surface area contributed by atoms with E-state index in [4.69, 9.17) is 0 Å². The van der Waals surface area contributed by atoms with E-state index in [-0.39, 0.29) is 11.7 Å². The van der Waals surface area contributed by atoms with E-state index in [2.05, 4.69) is 10.3 Å². The van der Waals surface area contributed by atoms with Crippen LogP contribution in [0, 0.1) is 13.8 Å². The van der Waals surface area contributed by atoms with E-state index in [1.807, 2.05) is 52.0 Å². The minimum atomic E-state index is -0.441. The van der Waals surface area contributed by atoms with Gasteiger partial charge in [0, 0.05) is 30.4 Å². The van der Waals surface area contributed by atoms with E-state index < -0.39 is 10.9 Å². The SMILES string of the molecule is CC.CC(=O)C(C)c1ccc(C)cc1.CN=C/C=C(\C)Nc1c(C)c(=O)c1=O. The number of carbonyl (C=O) groups is 1. The summed E-state index contributed by atoms with van der Waals surface area (Å²) >= 11 is 0. The number of anilines is 1. The molecule has 0 aromatic heterocycles. The van der Waals surface area contributed by atoms with E-state index in [1.165, 1.54) is 5.56 Å². The van der Waals surface area contributed by atoms with Crippen LogP contribution >= 0.6 is 0 Å². The van der Waals surface area contributed by atoms with E-state index in [0.29, 0.717) is 11.3 Å². The molecule has 0 saturated carbocycles. The number of rotatable bonds is 5. The Morgan fingerprint density at radius 3 is 2.00 bits per heavy atom. The summed E-state index contributed by atoms with van der Waals surface area (Å²) < 4.78 is 0. The number of hydrogen-bond acceptors (Lipinski definition) is 5. The maximum absolute atomic E-state index is 11.1. The van der Waals surface area contributed by atoms with Gasteiger partial charge in [-0.3, -0.25) is 19.4 Å². The maximum atomic E-state index is 11.1. The largest absolute Gasteiger partial charge is 0.355 e. The summed E-state index contributed by atoms with van der Waals surface area (Å²) in [7, 11) is 1.66. The summed E-state index contributed by atoms with van der Waals surface area (Å²) in [5.41, 5.74) is 3.17. The first-order valence-corrected chi connectivity index (χ1v) is 9.42. The van der Waals surface area contributed by atoms with Crippen molar-refractivity contribution in [3.8, 4) is 0 Å². The number of carbonyl (C=O) groups excluding carboxylic acids is 1. The lowest BCUT2D eigenvalue weighted by Crippen LogP contribution is -2.36. The van der Waals surface area contributed by atoms with Gasteiger partial charge in [0.15, 0.2) is 0 Å². The standard InChI is InChI=1S/C11H14O.C10H12N2O2.C2H6/c1-8-4-6-11(7-5-8)9(2)10(3)12;1-6(4-5-11-3)12-8-7(2)9(13)10(8)14;1-2/h4-7,9H,1-3H3;4-5,12H,1-3H3;1-2H3/b;6-4+,11-5?;. The molecule has 0 bridgehead atoms. The predicted molar refractivity (Wildman–Crippen MR) is 120 cm³/mol. The summed E-state index contributed by atoms with van der Waals surface area (Å²) in [6, 6.07) is 8.10. The third-order valence-electron chi connectivity index (χ3n) is 4.13. The topological polar surface area (TPSA) is 75.6 Å². The molecule has 2 aromatic carbocycles. The van der Waals surface area contributed by atoms with Gasteiger partial charge in [-0.2, -0.15) is 0 Å². The minimum absolute atomic E-state index is 0.0330. The fourth-order valence-corrected chi connectivity index (χ4v) is 2.17. The van der Waals surface area contributed by atoms with Crippen molar-refractivity contribution in [3.05, 3.63) is 73.2 Å². The molecule has 1 N–H and O–H groups in total. The van der Waals surface area contributed by atoms with Crippen LogP contribution in [0.4, 0.5) is 5.69 Å². The molecule has 152 valence electrons. The van der Waals surface area contributed by atoms with Crippen molar-refractivity contribution < 1.29 is 4.79 Å². The number of benzene rings is 1.